The van der Waals surface area contributed by atoms with Gasteiger partial charge in [-0.25, -0.2) is 0 Å². The van der Waals surface area contributed by atoms with Crippen molar-refractivity contribution >= 4 is 35.3 Å². The largest absolute Gasteiger partial charge is 0.311 e. The molecule has 0 radical (unpaired) electrons. The highest BCUT2D eigenvalue weighted by Crippen LogP contribution is 2.65. The molecule has 3 aliphatic heterocycles. The Bertz CT molecular complexity index is 1660. The van der Waals surface area contributed by atoms with Crippen LogP contribution in [0.5, 0.6) is 0 Å². The fraction of sp³-hybridized carbons (Fsp3) is 0.385. The number of fused-ring (bicyclic) bond motifs is 7. The zero-order valence-electron chi connectivity index (χ0n) is 25.7. The molecule has 1 spiro atoms. The van der Waals surface area contributed by atoms with Gasteiger partial charge in [-0.3, -0.25) is 0 Å². The van der Waals surface area contributed by atoms with Crippen molar-refractivity contribution in [2.45, 2.75) is 89.2 Å². The second kappa shape index (κ2) is 9.55. The van der Waals surface area contributed by atoms with Crippen LogP contribution in [0.2, 0.25) is 12.6 Å². The molecule has 0 N–H and O–H groups in total. The van der Waals surface area contributed by atoms with Crippen LogP contribution in [0.3, 0.4) is 0 Å². The first kappa shape index (κ1) is 26.7. The molecule has 3 heterocycles. The van der Waals surface area contributed by atoms with Gasteiger partial charge in [0.15, 0.2) is 6.71 Å². The Hall–Kier alpha value is -2.91. The standard InChI is InChI=1S/C39H42BNS/c1-37(2)25-40(26-38(37,3)4)32-21-14-20-31-36(32)41(27-15-6-5-7-16-27)33-22-11-8-17-28(33)39(31)29-18-9-12-23-34(29)42-35-24-13-10-19-30(35)39/h5-7,9,12,14-18,20-23H,8,10-11,13,19,24-26H2,1-4H3. The van der Waals surface area contributed by atoms with Gasteiger partial charge in [-0.1, -0.05) is 124 Å². The molecular formula is C39H42BNS. The number of hydrogen-bond acceptors (Lipinski definition) is 2. The van der Waals surface area contributed by atoms with Gasteiger partial charge < -0.3 is 4.90 Å². The van der Waals surface area contributed by atoms with Crippen molar-refractivity contribution in [2.24, 2.45) is 10.8 Å². The Morgan fingerprint density at radius 3 is 2.21 bits per heavy atom. The molecule has 3 aromatic carbocycles. The van der Waals surface area contributed by atoms with Crippen molar-refractivity contribution < 1.29 is 0 Å². The number of anilines is 2. The maximum absolute atomic E-state index is 2.67. The van der Waals surface area contributed by atoms with Gasteiger partial charge in [-0.05, 0) is 94.7 Å². The number of rotatable bonds is 2. The molecule has 212 valence electrons. The van der Waals surface area contributed by atoms with E-state index in [1.54, 1.807) is 15.9 Å². The van der Waals surface area contributed by atoms with Gasteiger partial charge in [-0.2, -0.15) is 0 Å². The summed E-state index contributed by atoms with van der Waals surface area (Å²) in [7, 11) is 0. The SMILES string of the molecule is CC1(C)CB(c2cccc3c2N(c2ccccc2)C2=CCCC=C2C32C3=C(CCCC3)Sc3ccccc32)CC1(C)C. The van der Waals surface area contributed by atoms with Crippen molar-refractivity contribution in [3.8, 4) is 0 Å². The Morgan fingerprint density at radius 1 is 0.714 bits per heavy atom. The highest BCUT2D eigenvalue weighted by Gasteiger charge is 2.55. The summed E-state index contributed by atoms with van der Waals surface area (Å²) >= 11 is 2.07. The third-order valence-corrected chi connectivity index (χ3v) is 12.9. The first-order valence-corrected chi connectivity index (χ1v) is 17.0. The molecule has 3 aromatic rings. The Kier molecular flexibility index (Phi) is 6.07. The average Bonchev–Trinajstić information content (AvgIpc) is 3.23. The van der Waals surface area contributed by atoms with Crippen molar-refractivity contribution in [1.82, 2.24) is 0 Å². The third-order valence-electron chi connectivity index (χ3n) is 11.7. The number of para-hydroxylation sites is 2. The summed E-state index contributed by atoms with van der Waals surface area (Å²) in [5.74, 6) is 0. The Balaban J connectivity index is 1.50. The second-order valence-corrected chi connectivity index (χ2v) is 15.7. The molecular weight excluding hydrogens is 525 g/mol. The van der Waals surface area contributed by atoms with Gasteiger partial charge in [0, 0.05) is 22.0 Å². The lowest BCUT2D eigenvalue weighted by Crippen LogP contribution is -2.48. The molecule has 42 heavy (non-hydrogen) atoms. The number of thioether (sulfide) groups is 1. The van der Waals surface area contributed by atoms with Crippen LogP contribution in [0.15, 0.2) is 112 Å². The molecule has 0 bridgehead atoms. The van der Waals surface area contributed by atoms with E-state index in [1.807, 2.05) is 0 Å². The smallest absolute Gasteiger partial charge is 0.179 e. The van der Waals surface area contributed by atoms with E-state index in [0.717, 1.165) is 12.8 Å². The molecule has 0 aromatic heterocycles. The van der Waals surface area contributed by atoms with E-state index >= 15 is 0 Å². The fourth-order valence-electron chi connectivity index (χ4n) is 9.01. The summed E-state index contributed by atoms with van der Waals surface area (Å²) in [6, 6.07) is 28.0. The zero-order valence-corrected chi connectivity index (χ0v) is 26.5. The van der Waals surface area contributed by atoms with E-state index < -0.39 is 0 Å². The molecule has 1 nitrogen and oxygen atoms in total. The summed E-state index contributed by atoms with van der Waals surface area (Å²) < 4.78 is 0. The zero-order chi connectivity index (χ0) is 28.7. The topological polar surface area (TPSA) is 3.24 Å². The lowest BCUT2D eigenvalue weighted by Gasteiger charge is -2.54. The molecule has 0 amide bonds. The molecule has 1 unspecified atom stereocenters. The minimum atomic E-state index is -0.218. The molecule has 8 rings (SSSR count). The highest BCUT2D eigenvalue weighted by atomic mass is 32.2. The second-order valence-electron chi connectivity index (χ2n) is 14.5. The molecule has 3 heteroatoms. The van der Waals surface area contributed by atoms with Gasteiger partial charge >= 0.3 is 0 Å². The van der Waals surface area contributed by atoms with Crippen LogP contribution < -0.4 is 10.4 Å². The summed E-state index contributed by atoms with van der Waals surface area (Å²) in [5.41, 5.74) is 12.3. The van der Waals surface area contributed by atoms with Crippen molar-refractivity contribution in [1.29, 1.82) is 0 Å². The van der Waals surface area contributed by atoms with Gasteiger partial charge in [-0.15, -0.1) is 0 Å². The Morgan fingerprint density at radius 2 is 1.40 bits per heavy atom. The lowest BCUT2D eigenvalue weighted by atomic mass is 9.41. The average molecular weight is 568 g/mol. The number of hydrogen-bond donors (Lipinski definition) is 0. The van der Waals surface area contributed by atoms with E-state index in [9.17, 15) is 0 Å². The van der Waals surface area contributed by atoms with Crippen LogP contribution in [0.1, 0.15) is 77.3 Å². The maximum atomic E-state index is 2.67. The first-order valence-electron chi connectivity index (χ1n) is 16.2. The van der Waals surface area contributed by atoms with Crippen LogP contribution in [-0.4, -0.2) is 6.71 Å². The summed E-state index contributed by atoms with van der Waals surface area (Å²) in [6.07, 6.45) is 14.9. The predicted molar refractivity (Wildman–Crippen MR) is 182 cm³/mol. The number of nitrogens with zero attached hydrogens (tertiary/aromatic N) is 1. The van der Waals surface area contributed by atoms with Crippen LogP contribution in [-0.2, 0) is 5.41 Å². The highest BCUT2D eigenvalue weighted by molar-refractivity contribution is 8.03. The van der Waals surface area contributed by atoms with E-state index in [1.165, 1.54) is 77.0 Å². The van der Waals surface area contributed by atoms with Crippen LogP contribution in [0.4, 0.5) is 11.4 Å². The molecule has 1 atom stereocenters. The number of allylic oxidation sites excluding steroid dienone is 5. The number of benzene rings is 3. The van der Waals surface area contributed by atoms with Gasteiger partial charge in [0.2, 0.25) is 0 Å². The maximum Gasteiger partial charge on any atom is 0.179 e. The monoisotopic (exact) mass is 567 g/mol. The molecule has 2 aliphatic carbocycles. The molecule has 0 saturated carbocycles. The fourth-order valence-corrected chi connectivity index (χ4v) is 10.4. The van der Waals surface area contributed by atoms with Gasteiger partial charge in [0.05, 0.1) is 5.41 Å². The van der Waals surface area contributed by atoms with E-state index in [2.05, 4.69) is 129 Å². The van der Waals surface area contributed by atoms with Crippen molar-refractivity contribution in [2.75, 3.05) is 4.90 Å². The van der Waals surface area contributed by atoms with Crippen LogP contribution >= 0.6 is 11.8 Å². The van der Waals surface area contributed by atoms with E-state index in [0.29, 0.717) is 17.5 Å². The minimum Gasteiger partial charge on any atom is -0.311 e. The lowest BCUT2D eigenvalue weighted by molar-refractivity contribution is 0.177. The Labute approximate surface area is 257 Å². The van der Waals surface area contributed by atoms with Gasteiger partial charge in [0.1, 0.15) is 0 Å². The molecule has 1 saturated heterocycles. The molecule has 1 fully saturated rings. The predicted octanol–water partition coefficient (Wildman–Crippen LogP) is 10.4. The molecule has 5 aliphatic rings. The summed E-state index contributed by atoms with van der Waals surface area (Å²) in [4.78, 5) is 5.77. The third kappa shape index (κ3) is 3.65. The van der Waals surface area contributed by atoms with Crippen LogP contribution in [0, 0.1) is 10.8 Å². The van der Waals surface area contributed by atoms with E-state index in [4.69, 9.17) is 0 Å². The quantitative estimate of drug-likeness (QED) is 0.284. The van der Waals surface area contributed by atoms with E-state index in [-0.39, 0.29) is 5.41 Å². The normalized spacial score (nSPS) is 25.3. The first-order chi connectivity index (χ1) is 20.3. The van der Waals surface area contributed by atoms with Gasteiger partial charge in [0.25, 0.3) is 0 Å². The summed E-state index contributed by atoms with van der Waals surface area (Å²) in [5, 5.41) is 0. The summed E-state index contributed by atoms with van der Waals surface area (Å²) in [6.45, 7) is 10.5. The van der Waals surface area contributed by atoms with Crippen molar-refractivity contribution in [3.05, 3.63) is 118 Å². The van der Waals surface area contributed by atoms with Crippen molar-refractivity contribution in [3.63, 3.8) is 0 Å². The van der Waals surface area contributed by atoms with Crippen LogP contribution in [0.25, 0.3) is 0 Å². The minimum absolute atomic E-state index is 0.218.